The van der Waals surface area contributed by atoms with Gasteiger partial charge in [0.15, 0.2) is 0 Å². The first-order chi connectivity index (χ1) is 13.1. The average Bonchev–Trinajstić information content (AvgIpc) is 3.24. The molecular weight excluding hydrogens is 338 g/mol. The molecule has 5 heteroatoms. The van der Waals surface area contributed by atoms with Crippen LogP contribution in [0.15, 0.2) is 18.2 Å². The Balaban J connectivity index is 1.86. The number of hydrogen-bond donors (Lipinski definition) is 1. The fourth-order valence-electron chi connectivity index (χ4n) is 4.31. The van der Waals surface area contributed by atoms with E-state index < -0.39 is 0 Å². The summed E-state index contributed by atoms with van der Waals surface area (Å²) in [6.07, 6.45) is 7.81. The Morgan fingerprint density at radius 2 is 1.70 bits per heavy atom. The highest BCUT2D eigenvalue weighted by Crippen LogP contribution is 2.30. The lowest BCUT2D eigenvalue weighted by Crippen LogP contribution is -2.35. The minimum atomic E-state index is 0.0533. The van der Waals surface area contributed by atoms with Crippen molar-refractivity contribution in [3.05, 3.63) is 23.8 Å². The van der Waals surface area contributed by atoms with Crippen molar-refractivity contribution in [3.8, 4) is 0 Å². The molecular formula is C22H33N3O2. The van der Waals surface area contributed by atoms with E-state index in [1.807, 2.05) is 36.9 Å². The lowest BCUT2D eigenvalue weighted by Gasteiger charge is -2.31. The number of piperidine rings is 1. The molecule has 0 atom stereocenters. The van der Waals surface area contributed by atoms with Gasteiger partial charge in [-0.2, -0.15) is 0 Å². The van der Waals surface area contributed by atoms with Gasteiger partial charge in [-0.3, -0.25) is 9.59 Å². The zero-order valence-corrected chi connectivity index (χ0v) is 16.8. The van der Waals surface area contributed by atoms with Crippen molar-refractivity contribution in [1.82, 2.24) is 4.90 Å². The van der Waals surface area contributed by atoms with E-state index in [1.54, 1.807) is 0 Å². The van der Waals surface area contributed by atoms with Gasteiger partial charge in [0, 0.05) is 43.5 Å². The molecule has 2 amide bonds. The van der Waals surface area contributed by atoms with Crippen LogP contribution in [0.4, 0.5) is 11.4 Å². The zero-order chi connectivity index (χ0) is 19.2. The summed E-state index contributed by atoms with van der Waals surface area (Å²) in [7, 11) is 0. The molecule has 1 heterocycles. The average molecular weight is 372 g/mol. The van der Waals surface area contributed by atoms with Gasteiger partial charge in [0.05, 0.1) is 5.56 Å². The maximum Gasteiger partial charge on any atom is 0.256 e. The van der Waals surface area contributed by atoms with Gasteiger partial charge < -0.3 is 15.1 Å². The van der Waals surface area contributed by atoms with Gasteiger partial charge in [-0.05, 0) is 64.2 Å². The maximum atomic E-state index is 13.2. The van der Waals surface area contributed by atoms with Gasteiger partial charge >= 0.3 is 0 Å². The minimum Gasteiger partial charge on any atom is -0.371 e. The fraction of sp³-hybridized carbons (Fsp3) is 0.636. The summed E-state index contributed by atoms with van der Waals surface area (Å²) in [5, 5.41) is 3.06. The number of amides is 2. The molecule has 1 aliphatic carbocycles. The summed E-state index contributed by atoms with van der Waals surface area (Å²) in [5.74, 6) is 0.269. The Morgan fingerprint density at radius 3 is 2.33 bits per heavy atom. The summed E-state index contributed by atoms with van der Waals surface area (Å²) in [4.78, 5) is 29.8. The van der Waals surface area contributed by atoms with E-state index in [1.165, 1.54) is 19.3 Å². The molecule has 3 rings (SSSR count). The third-order valence-electron chi connectivity index (χ3n) is 5.97. The van der Waals surface area contributed by atoms with Crippen LogP contribution in [0, 0.1) is 5.92 Å². The lowest BCUT2D eigenvalue weighted by molar-refractivity contribution is -0.119. The van der Waals surface area contributed by atoms with Gasteiger partial charge in [-0.1, -0.05) is 12.8 Å². The first kappa shape index (κ1) is 19.7. The summed E-state index contributed by atoms with van der Waals surface area (Å²) < 4.78 is 0. The topological polar surface area (TPSA) is 52.7 Å². The van der Waals surface area contributed by atoms with Crippen LogP contribution in [0.1, 0.15) is 69.2 Å². The summed E-state index contributed by atoms with van der Waals surface area (Å²) >= 11 is 0. The third kappa shape index (κ3) is 4.63. The molecule has 27 heavy (non-hydrogen) atoms. The van der Waals surface area contributed by atoms with Gasteiger partial charge in [0.2, 0.25) is 5.91 Å². The highest BCUT2D eigenvalue weighted by Gasteiger charge is 2.25. The molecule has 148 valence electrons. The molecule has 2 aliphatic rings. The van der Waals surface area contributed by atoms with Crippen molar-refractivity contribution in [1.29, 1.82) is 0 Å². The largest absolute Gasteiger partial charge is 0.371 e. The number of nitrogens with zero attached hydrogens (tertiary/aromatic N) is 2. The maximum absolute atomic E-state index is 13.2. The molecule has 0 unspecified atom stereocenters. The zero-order valence-electron chi connectivity index (χ0n) is 16.8. The first-order valence-corrected chi connectivity index (χ1v) is 10.6. The number of rotatable bonds is 6. The summed E-state index contributed by atoms with van der Waals surface area (Å²) in [6, 6.07) is 5.86. The number of benzene rings is 1. The van der Waals surface area contributed by atoms with Gasteiger partial charge in [0.25, 0.3) is 5.91 Å². The van der Waals surface area contributed by atoms with Crippen LogP contribution in [-0.4, -0.2) is 42.9 Å². The Bertz CT molecular complexity index is 658. The second-order valence-electron chi connectivity index (χ2n) is 7.73. The smallest absolute Gasteiger partial charge is 0.256 e. The molecule has 1 aromatic rings. The minimum absolute atomic E-state index is 0.0533. The second-order valence-corrected chi connectivity index (χ2v) is 7.73. The third-order valence-corrected chi connectivity index (χ3v) is 5.97. The van der Waals surface area contributed by atoms with Crippen molar-refractivity contribution in [2.24, 2.45) is 5.92 Å². The van der Waals surface area contributed by atoms with Crippen LogP contribution >= 0.6 is 0 Å². The van der Waals surface area contributed by atoms with Crippen LogP contribution in [0.2, 0.25) is 0 Å². The van der Waals surface area contributed by atoms with E-state index in [-0.39, 0.29) is 17.7 Å². The number of carbonyl (C=O) groups is 2. The predicted octanol–water partition coefficient (Wildman–Crippen LogP) is 4.29. The number of nitrogens with one attached hydrogen (secondary N) is 1. The van der Waals surface area contributed by atoms with E-state index in [0.717, 1.165) is 50.1 Å². The Kier molecular flexibility index (Phi) is 6.75. The predicted molar refractivity (Wildman–Crippen MR) is 110 cm³/mol. The van der Waals surface area contributed by atoms with Gasteiger partial charge in [-0.15, -0.1) is 0 Å². The number of anilines is 2. The molecule has 0 aromatic heterocycles. The van der Waals surface area contributed by atoms with Crippen LogP contribution in [0.5, 0.6) is 0 Å². The van der Waals surface area contributed by atoms with Crippen molar-refractivity contribution in [2.45, 2.75) is 58.8 Å². The van der Waals surface area contributed by atoms with Gasteiger partial charge in [-0.25, -0.2) is 0 Å². The highest BCUT2D eigenvalue weighted by atomic mass is 16.2. The quantitative estimate of drug-likeness (QED) is 0.812. The molecule has 2 fully saturated rings. The van der Waals surface area contributed by atoms with Crippen LogP contribution in [0.25, 0.3) is 0 Å². The monoisotopic (exact) mass is 371 g/mol. The molecule has 1 saturated carbocycles. The van der Waals surface area contributed by atoms with Crippen molar-refractivity contribution >= 4 is 23.2 Å². The fourth-order valence-corrected chi connectivity index (χ4v) is 4.31. The number of hydrogen-bond acceptors (Lipinski definition) is 3. The molecule has 0 spiro atoms. The van der Waals surface area contributed by atoms with Crippen molar-refractivity contribution in [3.63, 3.8) is 0 Å². The summed E-state index contributed by atoms with van der Waals surface area (Å²) in [5.41, 5.74) is 2.46. The first-order valence-electron chi connectivity index (χ1n) is 10.6. The van der Waals surface area contributed by atoms with Crippen LogP contribution < -0.4 is 10.2 Å². The molecule has 0 bridgehead atoms. The molecule has 1 saturated heterocycles. The standard InChI is InChI=1S/C22H33N3O2/c1-3-24(4-2)22(27)19-16-18(23-21(26)17-10-6-7-11-17)12-13-20(19)25-14-8-5-9-15-25/h12-13,16-17H,3-11,14-15H2,1-2H3,(H,23,26). The van der Waals surface area contributed by atoms with Crippen molar-refractivity contribution < 1.29 is 9.59 Å². The Morgan fingerprint density at radius 1 is 1.04 bits per heavy atom. The summed E-state index contributed by atoms with van der Waals surface area (Å²) in [6.45, 7) is 7.38. The normalized spacial score (nSPS) is 17.8. The number of carbonyl (C=O) groups excluding carboxylic acids is 2. The Labute approximate surface area is 163 Å². The highest BCUT2D eigenvalue weighted by molar-refractivity contribution is 6.02. The Hall–Kier alpha value is -2.04. The van der Waals surface area contributed by atoms with Gasteiger partial charge in [0.1, 0.15) is 0 Å². The SMILES string of the molecule is CCN(CC)C(=O)c1cc(NC(=O)C2CCCC2)ccc1N1CCCCC1. The molecule has 1 N–H and O–H groups in total. The second kappa shape index (κ2) is 9.25. The molecule has 0 radical (unpaired) electrons. The molecule has 5 nitrogen and oxygen atoms in total. The lowest BCUT2D eigenvalue weighted by atomic mass is 10.0. The van der Waals surface area contributed by atoms with Crippen LogP contribution in [0.3, 0.4) is 0 Å². The van der Waals surface area contributed by atoms with E-state index in [4.69, 9.17) is 0 Å². The van der Waals surface area contributed by atoms with E-state index >= 15 is 0 Å². The van der Waals surface area contributed by atoms with Crippen molar-refractivity contribution in [2.75, 3.05) is 36.4 Å². The molecule has 1 aliphatic heterocycles. The van der Waals surface area contributed by atoms with E-state index in [0.29, 0.717) is 18.7 Å². The van der Waals surface area contributed by atoms with E-state index in [2.05, 4.69) is 10.2 Å². The van der Waals surface area contributed by atoms with E-state index in [9.17, 15) is 9.59 Å². The van der Waals surface area contributed by atoms with Crippen LogP contribution in [-0.2, 0) is 4.79 Å². The molecule has 1 aromatic carbocycles.